The summed E-state index contributed by atoms with van der Waals surface area (Å²) in [4.78, 5) is 11.9. The van der Waals surface area contributed by atoms with Gasteiger partial charge in [0, 0.05) is 13.1 Å². The minimum atomic E-state index is -0.475. The largest absolute Gasteiger partial charge is 0.348 e. The van der Waals surface area contributed by atoms with Crippen molar-refractivity contribution in [2.75, 3.05) is 19.6 Å². The van der Waals surface area contributed by atoms with Gasteiger partial charge in [-0.25, -0.2) is 4.39 Å². The van der Waals surface area contributed by atoms with Gasteiger partial charge in [0.1, 0.15) is 5.82 Å². The number of benzene rings is 1. The molecular formula is C14H17FN2O. The molecule has 0 unspecified atom stereocenters. The summed E-state index contributed by atoms with van der Waals surface area (Å²) in [7, 11) is 0. The van der Waals surface area contributed by atoms with Crippen LogP contribution in [0.15, 0.2) is 29.8 Å². The second-order valence-corrected chi connectivity index (χ2v) is 4.48. The Morgan fingerprint density at radius 1 is 1.50 bits per heavy atom. The summed E-state index contributed by atoms with van der Waals surface area (Å²) in [5.41, 5.74) is 2.18. The van der Waals surface area contributed by atoms with E-state index >= 15 is 0 Å². The van der Waals surface area contributed by atoms with Crippen LogP contribution in [-0.2, 0) is 0 Å². The zero-order valence-electron chi connectivity index (χ0n) is 10.4. The Kier molecular flexibility index (Phi) is 4.10. The maximum atomic E-state index is 13.5. The number of aryl methyl sites for hydroxylation is 1. The topological polar surface area (TPSA) is 41.1 Å². The average molecular weight is 248 g/mol. The SMILES string of the molecule is Cc1ccc(F)c(C(=O)NCC2=CCNCC2)c1. The molecule has 1 aromatic carbocycles. The summed E-state index contributed by atoms with van der Waals surface area (Å²) in [6.45, 7) is 4.10. The maximum Gasteiger partial charge on any atom is 0.254 e. The zero-order chi connectivity index (χ0) is 13.0. The van der Waals surface area contributed by atoms with E-state index in [9.17, 15) is 9.18 Å². The van der Waals surface area contributed by atoms with Gasteiger partial charge in [0.15, 0.2) is 0 Å². The molecule has 3 nitrogen and oxygen atoms in total. The number of hydrogen-bond acceptors (Lipinski definition) is 2. The van der Waals surface area contributed by atoms with E-state index in [0.717, 1.165) is 25.1 Å². The Bertz CT molecular complexity index is 483. The Hall–Kier alpha value is -1.68. The van der Waals surface area contributed by atoms with Crippen LogP contribution in [0.25, 0.3) is 0 Å². The first-order valence-corrected chi connectivity index (χ1v) is 6.10. The van der Waals surface area contributed by atoms with Gasteiger partial charge in [-0.05, 0) is 32.0 Å². The first-order chi connectivity index (χ1) is 8.66. The monoisotopic (exact) mass is 248 g/mol. The van der Waals surface area contributed by atoms with E-state index in [0.29, 0.717) is 6.54 Å². The van der Waals surface area contributed by atoms with E-state index in [1.807, 2.05) is 6.92 Å². The third kappa shape index (κ3) is 3.17. The summed E-state index contributed by atoms with van der Waals surface area (Å²) in [5.74, 6) is -0.826. The van der Waals surface area contributed by atoms with Crippen molar-refractivity contribution in [2.24, 2.45) is 0 Å². The lowest BCUT2D eigenvalue weighted by atomic mass is 10.1. The molecule has 2 N–H and O–H groups in total. The van der Waals surface area contributed by atoms with Crippen molar-refractivity contribution < 1.29 is 9.18 Å². The van der Waals surface area contributed by atoms with Crippen molar-refractivity contribution in [1.29, 1.82) is 0 Å². The minimum Gasteiger partial charge on any atom is -0.348 e. The molecule has 96 valence electrons. The van der Waals surface area contributed by atoms with Crippen LogP contribution in [-0.4, -0.2) is 25.5 Å². The molecule has 1 aliphatic heterocycles. The predicted octanol–water partition coefficient (Wildman–Crippen LogP) is 1.78. The molecule has 0 atom stereocenters. The lowest BCUT2D eigenvalue weighted by molar-refractivity contribution is 0.0952. The molecule has 1 heterocycles. The maximum absolute atomic E-state index is 13.5. The van der Waals surface area contributed by atoms with Crippen LogP contribution in [0.1, 0.15) is 22.3 Å². The summed E-state index contributed by atoms with van der Waals surface area (Å²) >= 11 is 0. The number of carbonyl (C=O) groups excluding carboxylic acids is 1. The highest BCUT2D eigenvalue weighted by molar-refractivity contribution is 5.94. The Labute approximate surface area is 106 Å². The minimum absolute atomic E-state index is 0.115. The number of halogens is 1. The van der Waals surface area contributed by atoms with Gasteiger partial charge in [0.2, 0.25) is 0 Å². The first kappa shape index (κ1) is 12.8. The van der Waals surface area contributed by atoms with Crippen LogP contribution >= 0.6 is 0 Å². The standard InChI is InChI=1S/C14H17FN2O/c1-10-2-3-13(15)12(8-10)14(18)17-9-11-4-6-16-7-5-11/h2-4,8,16H,5-7,9H2,1H3,(H,17,18). The van der Waals surface area contributed by atoms with Gasteiger partial charge in [0.05, 0.1) is 5.56 Å². The second-order valence-electron chi connectivity index (χ2n) is 4.48. The molecule has 0 saturated heterocycles. The molecule has 0 saturated carbocycles. The lowest BCUT2D eigenvalue weighted by Crippen LogP contribution is -2.30. The molecule has 0 bridgehead atoms. The molecule has 2 rings (SSSR count). The van der Waals surface area contributed by atoms with E-state index in [-0.39, 0.29) is 11.5 Å². The van der Waals surface area contributed by atoms with Crippen molar-refractivity contribution in [3.05, 3.63) is 46.8 Å². The van der Waals surface area contributed by atoms with Gasteiger partial charge < -0.3 is 10.6 Å². The molecule has 18 heavy (non-hydrogen) atoms. The van der Waals surface area contributed by atoms with Gasteiger partial charge >= 0.3 is 0 Å². The highest BCUT2D eigenvalue weighted by Crippen LogP contribution is 2.10. The fourth-order valence-electron chi connectivity index (χ4n) is 1.93. The molecule has 1 aliphatic rings. The van der Waals surface area contributed by atoms with Crippen molar-refractivity contribution in [3.8, 4) is 0 Å². The van der Waals surface area contributed by atoms with Crippen molar-refractivity contribution in [2.45, 2.75) is 13.3 Å². The average Bonchev–Trinajstić information content (AvgIpc) is 2.40. The van der Waals surface area contributed by atoms with E-state index in [2.05, 4.69) is 16.7 Å². The molecule has 0 aliphatic carbocycles. The third-order valence-corrected chi connectivity index (χ3v) is 3.00. The van der Waals surface area contributed by atoms with Gasteiger partial charge in [-0.15, -0.1) is 0 Å². The second kappa shape index (κ2) is 5.78. The zero-order valence-corrected chi connectivity index (χ0v) is 10.4. The van der Waals surface area contributed by atoms with Gasteiger partial charge in [0.25, 0.3) is 5.91 Å². The van der Waals surface area contributed by atoms with Crippen molar-refractivity contribution in [3.63, 3.8) is 0 Å². The van der Waals surface area contributed by atoms with Crippen LogP contribution in [0.3, 0.4) is 0 Å². The number of hydrogen-bond donors (Lipinski definition) is 2. The quantitative estimate of drug-likeness (QED) is 0.801. The molecular weight excluding hydrogens is 231 g/mol. The molecule has 1 aromatic rings. The molecule has 0 aromatic heterocycles. The summed E-state index contributed by atoms with van der Waals surface area (Å²) in [6.07, 6.45) is 2.99. The highest BCUT2D eigenvalue weighted by Gasteiger charge is 2.12. The molecule has 0 spiro atoms. The molecule has 1 amide bonds. The smallest absolute Gasteiger partial charge is 0.254 e. The van der Waals surface area contributed by atoms with Crippen LogP contribution in [0, 0.1) is 12.7 Å². The van der Waals surface area contributed by atoms with Crippen LogP contribution in [0.4, 0.5) is 4.39 Å². The number of carbonyl (C=O) groups is 1. The molecule has 4 heteroatoms. The van der Waals surface area contributed by atoms with Crippen molar-refractivity contribution in [1.82, 2.24) is 10.6 Å². The Morgan fingerprint density at radius 2 is 2.33 bits per heavy atom. The number of nitrogens with one attached hydrogen (secondary N) is 2. The highest BCUT2D eigenvalue weighted by atomic mass is 19.1. The first-order valence-electron chi connectivity index (χ1n) is 6.10. The van der Waals surface area contributed by atoms with Gasteiger partial charge in [-0.1, -0.05) is 23.3 Å². The summed E-state index contributed by atoms with van der Waals surface area (Å²) < 4.78 is 13.5. The Morgan fingerprint density at radius 3 is 3.06 bits per heavy atom. The van der Waals surface area contributed by atoms with E-state index in [4.69, 9.17) is 0 Å². The fraction of sp³-hybridized carbons (Fsp3) is 0.357. The van der Waals surface area contributed by atoms with Crippen LogP contribution in [0.5, 0.6) is 0 Å². The lowest BCUT2D eigenvalue weighted by Gasteiger charge is -2.14. The van der Waals surface area contributed by atoms with E-state index in [1.54, 1.807) is 12.1 Å². The van der Waals surface area contributed by atoms with E-state index < -0.39 is 5.82 Å². The fourth-order valence-corrected chi connectivity index (χ4v) is 1.93. The predicted molar refractivity (Wildman–Crippen MR) is 69.0 cm³/mol. The summed E-state index contributed by atoms with van der Waals surface area (Å²) in [5, 5.41) is 5.96. The molecule has 0 fully saturated rings. The third-order valence-electron chi connectivity index (χ3n) is 3.00. The number of rotatable bonds is 3. The normalized spacial score (nSPS) is 15.1. The van der Waals surface area contributed by atoms with Gasteiger partial charge in [-0.3, -0.25) is 4.79 Å². The van der Waals surface area contributed by atoms with Crippen LogP contribution < -0.4 is 10.6 Å². The van der Waals surface area contributed by atoms with E-state index in [1.165, 1.54) is 11.6 Å². The molecule has 0 radical (unpaired) electrons. The van der Waals surface area contributed by atoms with Gasteiger partial charge in [-0.2, -0.15) is 0 Å². The van der Waals surface area contributed by atoms with Crippen LogP contribution in [0.2, 0.25) is 0 Å². The van der Waals surface area contributed by atoms with Crippen molar-refractivity contribution >= 4 is 5.91 Å². The summed E-state index contributed by atoms with van der Waals surface area (Å²) in [6, 6.07) is 4.55. The number of amides is 1. The Balaban J connectivity index is 1.99.